The molecule has 0 unspecified atom stereocenters. The third-order valence-corrected chi connectivity index (χ3v) is 4.48. The predicted octanol–water partition coefficient (Wildman–Crippen LogP) is 3.65. The fourth-order valence-electron chi connectivity index (χ4n) is 1.46. The number of nitrogens with zero attached hydrogens (tertiary/aromatic N) is 1. The van der Waals surface area contributed by atoms with Crippen LogP contribution in [0.25, 0.3) is 10.6 Å². The maximum atomic E-state index is 5.61. The van der Waals surface area contributed by atoms with Crippen molar-refractivity contribution >= 4 is 27.3 Å². The second kappa shape index (κ2) is 4.65. The van der Waals surface area contributed by atoms with Gasteiger partial charge in [-0.1, -0.05) is 12.1 Å². The van der Waals surface area contributed by atoms with Gasteiger partial charge in [-0.05, 0) is 47.0 Å². The SMILES string of the molecule is Cc1ccc(-c2nc(CN)c(Br)s2)cc1C. The first-order chi connectivity index (χ1) is 7.61. The summed E-state index contributed by atoms with van der Waals surface area (Å²) in [4.78, 5) is 4.52. The molecule has 2 rings (SSSR count). The Morgan fingerprint density at radius 1 is 1.31 bits per heavy atom. The summed E-state index contributed by atoms with van der Waals surface area (Å²) in [6.07, 6.45) is 0. The Hall–Kier alpha value is -0.710. The molecule has 16 heavy (non-hydrogen) atoms. The smallest absolute Gasteiger partial charge is 0.124 e. The van der Waals surface area contributed by atoms with E-state index in [2.05, 4.69) is 53.0 Å². The minimum absolute atomic E-state index is 0.474. The molecule has 2 aromatic rings. The van der Waals surface area contributed by atoms with Crippen LogP contribution in [0.1, 0.15) is 16.8 Å². The number of rotatable bonds is 2. The molecule has 84 valence electrons. The number of hydrogen-bond acceptors (Lipinski definition) is 3. The van der Waals surface area contributed by atoms with E-state index in [1.54, 1.807) is 11.3 Å². The zero-order valence-electron chi connectivity index (χ0n) is 9.25. The lowest BCUT2D eigenvalue weighted by Crippen LogP contribution is -1.96. The lowest BCUT2D eigenvalue weighted by atomic mass is 10.1. The van der Waals surface area contributed by atoms with Crippen LogP contribution in [0.15, 0.2) is 22.0 Å². The highest BCUT2D eigenvalue weighted by Crippen LogP contribution is 2.32. The van der Waals surface area contributed by atoms with E-state index < -0.39 is 0 Å². The van der Waals surface area contributed by atoms with Crippen molar-refractivity contribution in [1.82, 2.24) is 4.98 Å². The van der Waals surface area contributed by atoms with Gasteiger partial charge in [0.15, 0.2) is 0 Å². The van der Waals surface area contributed by atoms with Gasteiger partial charge in [0.05, 0.1) is 9.48 Å². The highest BCUT2D eigenvalue weighted by molar-refractivity contribution is 9.11. The van der Waals surface area contributed by atoms with E-state index in [1.165, 1.54) is 11.1 Å². The minimum Gasteiger partial charge on any atom is -0.325 e. The van der Waals surface area contributed by atoms with Crippen LogP contribution in [-0.4, -0.2) is 4.98 Å². The van der Waals surface area contributed by atoms with Crippen molar-refractivity contribution < 1.29 is 0 Å². The van der Waals surface area contributed by atoms with Crippen molar-refractivity contribution in [3.05, 3.63) is 38.8 Å². The van der Waals surface area contributed by atoms with E-state index in [0.717, 1.165) is 20.1 Å². The Morgan fingerprint density at radius 3 is 2.62 bits per heavy atom. The molecule has 0 spiro atoms. The number of benzene rings is 1. The van der Waals surface area contributed by atoms with Gasteiger partial charge in [-0.2, -0.15) is 0 Å². The molecule has 0 saturated carbocycles. The summed E-state index contributed by atoms with van der Waals surface area (Å²) in [5.41, 5.74) is 10.3. The first-order valence-electron chi connectivity index (χ1n) is 5.04. The number of aromatic nitrogens is 1. The number of aryl methyl sites for hydroxylation is 2. The Labute approximate surface area is 108 Å². The molecule has 0 radical (unpaired) electrons. The molecule has 0 atom stereocenters. The van der Waals surface area contributed by atoms with E-state index in [4.69, 9.17) is 5.73 Å². The van der Waals surface area contributed by atoms with Crippen molar-refractivity contribution in [2.45, 2.75) is 20.4 Å². The van der Waals surface area contributed by atoms with Crippen LogP contribution in [0.4, 0.5) is 0 Å². The molecular weight excluding hydrogens is 284 g/mol. The molecule has 0 aliphatic heterocycles. The molecule has 0 aliphatic rings. The number of thiazole rings is 1. The molecule has 0 fully saturated rings. The Kier molecular flexibility index (Phi) is 3.42. The monoisotopic (exact) mass is 296 g/mol. The van der Waals surface area contributed by atoms with Crippen LogP contribution in [0, 0.1) is 13.8 Å². The first-order valence-corrected chi connectivity index (χ1v) is 6.65. The molecule has 2 N–H and O–H groups in total. The van der Waals surface area contributed by atoms with Gasteiger partial charge in [0.1, 0.15) is 5.01 Å². The molecule has 1 aromatic heterocycles. The number of nitrogens with two attached hydrogens (primary N) is 1. The highest BCUT2D eigenvalue weighted by Gasteiger charge is 2.09. The average molecular weight is 297 g/mol. The van der Waals surface area contributed by atoms with Gasteiger partial charge in [0.2, 0.25) is 0 Å². The summed E-state index contributed by atoms with van der Waals surface area (Å²) < 4.78 is 1.03. The molecular formula is C12H13BrN2S. The topological polar surface area (TPSA) is 38.9 Å². The van der Waals surface area contributed by atoms with Crippen LogP contribution in [0.5, 0.6) is 0 Å². The summed E-state index contributed by atoms with van der Waals surface area (Å²) in [5.74, 6) is 0. The Morgan fingerprint density at radius 2 is 2.06 bits per heavy atom. The van der Waals surface area contributed by atoms with Crippen LogP contribution in [0.3, 0.4) is 0 Å². The molecule has 1 aromatic carbocycles. The predicted molar refractivity (Wildman–Crippen MR) is 72.6 cm³/mol. The van der Waals surface area contributed by atoms with Crippen molar-refractivity contribution in [1.29, 1.82) is 0 Å². The minimum atomic E-state index is 0.474. The van der Waals surface area contributed by atoms with Crippen molar-refractivity contribution in [2.75, 3.05) is 0 Å². The quantitative estimate of drug-likeness (QED) is 0.919. The third-order valence-electron chi connectivity index (χ3n) is 2.60. The molecule has 0 amide bonds. The molecule has 0 bridgehead atoms. The number of hydrogen-bond donors (Lipinski definition) is 1. The van der Waals surface area contributed by atoms with E-state index in [-0.39, 0.29) is 0 Å². The average Bonchev–Trinajstić information content (AvgIpc) is 2.64. The normalized spacial score (nSPS) is 10.8. The lowest BCUT2D eigenvalue weighted by molar-refractivity contribution is 1.01. The van der Waals surface area contributed by atoms with Crippen molar-refractivity contribution in [2.24, 2.45) is 5.73 Å². The van der Waals surface area contributed by atoms with Gasteiger partial charge in [-0.15, -0.1) is 11.3 Å². The van der Waals surface area contributed by atoms with Gasteiger partial charge in [-0.25, -0.2) is 4.98 Å². The summed E-state index contributed by atoms with van der Waals surface area (Å²) in [5, 5.41) is 1.02. The zero-order valence-corrected chi connectivity index (χ0v) is 11.7. The maximum absolute atomic E-state index is 5.61. The Bertz CT molecular complexity index is 520. The molecule has 2 nitrogen and oxygen atoms in total. The fourth-order valence-corrected chi connectivity index (χ4v) is 2.98. The maximum Gasteiger partial charge on any atom is 0.124 e. The Balaban J connectivity index is 2.46. The van der Waals surface area contributed by atoms with Crippen LogP contribution in [-0.2, 0) is 6.54 Å². The summed E-state index contributed by atoms with van der Waals surface area (Å²) in [6, 6.07) is 6.40. The zero-order chi connectivity index (χ0) is 11.7. The highest BCUT2D eigenvalue weighted by atomic mass is 79.9. The first kappa shape index (κ1) is 11.8. The van der Waals surface area contributed by atoms with Crippen LogP contribution < -0.4 is 5.73 Å². The van der Waals surface area contributed by atoms with Crippen molar-refractivity contribution in [3.8, 4) is 10.6 Å². The van der Waals surface area contributed by atoms with Gasteiger partial charge in [0.25, 0.3) is 0 Å². The standard InChI is InChI=1S/C12H13BrN2S/c1-7-3-4-9(5-8(7)2)12-15-10(6-14)11(13)16-12/h3-5H,6,14H2,1-2H3. The lowest BCUT2D eigenvalue weighted by Gasteiger charge is -2.01. The van der Waals surface area contributed by atoms with Crippen molar-refractivity contribution in [3.63, 3.8) is 0 Å². The summed E-state index contributed by atoms with van der Waals surface area (Å²) in [6.45, 7) is 4.70. The van der Waals surface area contributed by atoms with Crippen LogP contribution in [0.2, 0.25) is 0 Å². The van der Waals surface area contributed by atoms with Gasteiger partial charge >= 0.3 is 0 Å². The van der Waals surface area contributed by atoms with Crippen LogP contribution >= 0.6 is 27.3 Å². The van der Waals surface area contributed by atoms with E-state index in [0.29, 0.717) is 6.54 Å². The van der Waals surface area contributed by atoms with E-state index in [1.807, 2.05) is 0 Å². The third kappa shape index (κ3) is 2.19. The molecule has 1 heterocycles. The summed E-state index contributed by atoms with van der Waals surface area (Å²) in [7, 11) is 0. The fraction of sp³-hybridized carbons (Fsp3) is 0.250. The summed E-state index contributed by atoms with van der Waals surface area (Å²) >= 11 is 5.12. The molecule has 4 heteroatoms. The second-order valence-corrected chi connectivity index (χ2v) is 6.06. The second-order valence-electron chi connectivity index (χ2n) is 3.74. The van der Waals surface area contributed by atoms with E-state index >= 15 is 0 Å². The van der Waals surface area contributed by atoms with E-state index in [9.17, 15) is 0 Å². The van der Waals surface area contributed by atoms with Gasteiger partial charge in [0, 0.05) is 12.1 Å². The molecule has 0 saturated heterocycles. The number of halogens is 1. The molecule has 0 aliphatic carbocycles. The largest absolute Gasteiger partial charge is 0.325 e. The van der Waals surface area contributed by atoms with Gasteiger partial charge < -0.3 is 5.73 Å². The van der Waals surface area contributed by atoms with Gasteiger partial charge in [-0.3, -0.25) is 0 Å².